The molecule has 0 saturated carbocycles. The Morgan fingerprint density at radius 3 is 2.43 bits per heavy atom. The van der Waals surface area contributed by atoms with Crippen molar-refractivity contribution < 1.29 is 14.4 Å². The fraction of sp³-hybridized carbons (Fsp3) is 0.750. The van der Waals surface area contributed by atoms with Gasteiger partial charge in [-0.1, -0.05) is 40.3 Å². The molecule has 21 heavy (non-hydrogen) atoms. The van der Waals surface area contributed by atoms with Crippen molar-refractivity contribution in [3.63, 3.8) is 0 Å². The predicted octanol–water partition coefficient (Wildman–Crippen LogP) is 3.96. The topological polar surface area (TPSA) is 75.4 Å². The quantitative estimate of drug-likeness (QED) is 0.880. The Kier molecular flexibility index (Phi) is 14.2. The number of aromatic nitrogens is 1. The fourth-order valence-corrected chi connectivity index (χ4v) is 1.95. The van der Waals surface area contributed by atoms with Gasteiger partial charge in [0.1, 0.15) is 12.3 Å². The van der Waals surface area contributed by atoms with E-state index in [1.807, 2.05) is 13.8 Å². The fourth-order valence-electron chi connectivity index (χ4n) is 1.95. The molecule has 2 rings (SSSR count). The average molecular weight is 300 g/mol. The van der Waals surface area contributed by atoms with Crippen LogP contribution in [0.1, 0.15) is 60.8 Å². The molecule has 1 aromatic heterocycles. The number of rotatable bonds is 4. The van der Waals surface area contributed by atoms with Gasteiger partial charge in [-0.25, -0.2) is 0 Å². The molecule has 0 bridgehead atoms. The average Bonchev–Trinajstić information content (AvgIpc) is 3.13. The smallest absolute Gasteiger partial charge is 0.320 e. The second kappa shape index (κ2) is 13.6. The van der Waals surface area contributed by atoms with Crippen molar-refractivity contribution in [3.05, 3.63) is 18.5 Å². The van der Waals surface area contributed by atoms with E-state index in [0.717, 1.165) is 19.3 Å². The number of carbonyl (C=O) groups is 1. The lowest BCUT2D eigenvalue weighted by Crippen LogP contribution is -2.35. The summed E-state index contributed by atoms with van der Waals surface area (Å²) >= 11 is 0. The van der Waals surface area contributed by atoms with Gasteiger partial charge < -0.3 is 14.9 Å². The zero-order chi connectivity index (χ0) is 15.4. The minimum Gasteiger partial charge on any atom is -0.480 e. The molecule has 0 amide bonds. The highest BCUT2D eigenvalue weighted by Crippen LogP contribution is 2.18. The first-order valence-corrected chi connectivity index (χ1v) is 7.42. The van der Waals surface area contributed by atoms with E-state index in [0.29, 0.717) is 12.0 Å². The second-order valence-electron chi connectivity index (χ2n) is 4.99. The van der Waals surface area contributed by atoms with E-state index < -0.39 is 5.97 Å². The summed E-state index contributed by atoms with van der Waals surface area (Å²) in [5, 5.41) is 15.2. The molecule has 1 fully saturated rings. The maximum absolute atomic E-state index is 10.6. The Bertz CT molecular complexity index is 309. The molecular weight excluding hydrogens is 268 g/mol. The van der Waals surface area contributed by atoms with Gasteiger partial charge in [0.05, 0.1) is 6.20 Å². The van der Waals surface area contributed by atoms with Gasteiger partial charge in [0.2, 0.25) is 0 Å². The standard InChI is InChI=1S/C10H19NO2.C3H3NO.C2H6.CH4/c1-7(2)3-4-8-5-6-9(11-8)10(12)13;1-2-4-5-3-1;1-2;/h7-9,11H,3-6H2,1-2H3,(H,12,13);1-3H;1-2H3;1H4. The molecule has 0 aromatic carbocycles. The van der Waals surface area contributed by atoms with Gasteiger partial charge in [0.25, 0.3) is 0 Å². The summed E-state index contributed by atoms with van der Waals surface area (Å²) in [6.45, 7) is 8.40. The van der Waals surface area contributed by atoms with Gasteiger partial charge in [-0.3, -0.25) is 4.79 Å². The van der Waals surface area contributed by atoms with Gasteiger partial charge in [-0.05, 0) is 37.7 Å². The summed E-state index contributed by atoms with van der Waals surface area (Å²) in [5.41, 5.74) is 0. The summed E-state index contributed by atoms with van der Waals surface area (Å²) in [6.07, 6.45) is 7.20. The van der Waals surface area contributed by atoms with Gasteiger partial charge in [0, 0.05) is 6.04 Å². The number of nitrogens with zero attached hydrogens (tertiary/aromatic N) is 1. The van der Waals surface area contributed by atoms with E-state index in [-0.39, 0.29) is 13.5 Å². The molecule has 5 heteroatoms. The van der Waals surface area contributed by atoms with Crippen LogP contribution in [0.2, 0.25) is 0 Å². The number of carboxylic acid groups (broad SMARTS) is 1. The molecule has 5 nitrogen and oxygen atoms in total. The Hall–Kier alpha value is -1.36. The number of carboxylic acids is 1. The minimum atomic E-state index is -0.702. The number of aliphatic carboxylic acids is 1. The Balaban J connectivity index is 0. The third-order valence-electron chi connectivity index (χ3n) is 2.98. The van der Waals surface area contributed by atoms with E-state index in [9.17, 15) is 4.79 Å². The monoisotopic (exact) mass is 300 g/mol. The van der Waals surface area contributed by atoms with Crippen molar-refractivity contribution in [3.8, 4) is 0 Å². The lowest BCUT2D eigenvalue weighted by atomic mass is 10.0. The van der Waals surface area contributed by atoms with E-state index in [4.69, 9.17) is 5.11 Å². The number of hydrogen-bond acceptors (Lipinski definition) is 4. The van der Waals surface area contributed by atoms with Gasteiger partial charge >= 0.3 is 5.97 Å². The largest absolute Gasteiger partial charge is 0.480 e. The molecular formula is C16H32N2O3. The van der Waals surface area contributed by atoms with E-state index in [2.05, 4.69) is 28.8 Å². The van der Waals surface area contributed by atoms with Crippen LogP contribution < -0.4 is 5.32 Å². The summed E-state index contributed by atoms with van der Waals surface area (Å²) in [5.74, 6) is 0.0118. The molecule has 2 atom stereocenters. The van der Waals surface area contributed by atoms with E-state index in [1.54, 1.807) is 12.3 Å². The van der Waals surface area contributed by atoms with Crippen LogP contribution in [0.15, 0.2) is 23.0 Å². The van der Waals surface area contributed by atoms with E-state index in [1.165, 1.54) is 12.7 Å². The van der Waals surface area contributed by atoms with Crippen LogP contribution in [-0.2, 0) is 4.79 Å². The maximum Gasteiger partial charge on any atom is 0.320 e. The van der Waals surface area contributed by atoms with Crippen LogP contribution in [0, 0.1) is 5.92 Å². The van der Waals surface area contributed by atoms with Gasteiger partial charge in [-0.2, -0.15) is 0 Å². The molecule has 1 saturated heterocycles. The zero-order valence-corrected chi connectivity index (χ0v) is 13.0. The first-order chi connectivity index (χ1) is 9.59. The highest BCUT2D eigenvalue weighted by Gasteiger charge is 2.28. The maximum atomic E-state index is 10.6. The Morgan fingerprint density at radius 1 is 1.43 bits per heavy atom. The summed E-state index contributed by atoms with van der Waals surface area (Å²) in [4.78, 5) is 10.6. The van der Waals surface area contributed by atoms with Crippen molar-refractivity contribution in [1.29, 1.82) is 0 Å². The van der Waals surface area contributed by atoms with Crippen molar-refractivity contribution in [2.45, 2.75) is 72.9 Å². The lowest BCUT2D eigenvalue weighted by molar-refractivity contribution is -0.139. The van der Waals surface area contributed by atoms with Crippen molar-refractivity contribution in [1.82, 2.24) is 10.5 Å². The van der Waals surface area contributed by atoms with Crippen LogP contribution in [0.5, 0.6) is 0 Å². The molecule has 124 valence electrons. The first kappa shape index (κ1) is 21.9. The third kappa shape index (κ3) is 11.0. The number of hydrogen-bond donors (Lipinski definition) is 2. The molecule has 1 aliphatic heterocycles. The molecule has 2 heterocycles. The Labute approximate surface area is 129 Å². The molecule has 2 N–H and O–H groups in total. The molecule has 2 unspecified atom stereocenters. The van der Waals surface area contributed by atoms with Crippen LogP contribution in [0.25, 0.3) is 0 Å². The Morgan fingerprint density at radius 2 is 2.10 bits per heavy atom. The van der Waals surface area contributed by atoms with Crippen molar-refractivity contribution >= 4 is 5.97 Å². The third-order valence-corrected chi connectivity index (χ3v) is 2.98. The molecule has 1 aromatic rings. The van der Waals surface area contributed by atoms with Crippen LogP contribution >= 0.6 is 0 Å². The minimum absolute atomic E-state index is 0. The summed E-state index contributed by atoms with van der Waals surface area (Å²) in [6, 6.07) is 1.86. The predicted molar refractivity (Wildman–Crippen MR) is 86.2 cm³/mol. The van der Waals surface area contributed by atoms with Crippen LogP contribution in [-0.4, -0.2) is 28.3 Å². The van der Waals surface area contributed by atoms with Crippen molar-refractivity contribution in [2.75, 3.05) is 0 Å². The summed E-state index contributed by atoms with van der Waals surface area (Å²) < 4.78 is 4.33. The van der Waals surface area contributed by atoms with Crippen LogP contribution in [0.3, 0.4) is 0 Å². The first-order valence-electron chi connectivity index (χ1n) is 7.42. The molecule has 0 aliphatic carbocycles. The molecule has 0 radical (unpaired) electrons. The van der Waals surface area contributed by atoms with Gasteiger partial charge in [0.15, 0.2) is 0 Å². The van der Waals surface area contributed by atoms with Crippen LogP contribution in [0.4, 0.5) is 0 Å². The van der Waals surface area contributed by atoms with E-state index >= 15 is 0 Å². The second-order valence-corrected chi connectivity index (χ2v) is 4.99. The molecule has 0 spiro atoms. The van der Waals surface area contributed by atoms with Gasteiger partial charge in [-0.15, -0.1) is 0 Å². The summed E-state index contributed by atoms with van der Waals surface area (Å²) in [7, 11) is 0. The van der Waals surface area contributed by atoms with Crippen molar-refractivity contribution in [2.24, 2.45) is 5.92 Å². The lowest BCUT2D eigenvalue weighted by Gasteiger charge is -2.12. The zero-order valence-electron chi connectivity index (χ0n) is 13.0. The highest BCUT2D eigenvalue weighted by molar-refractivity contribution is 5.73. The highest BCUT2D eigenvalue weighted by atomic mass is 16.5. The normalized spacial score (nSPS) is 19.7. The molecule has 1 aliphatic rings. The number of nitrogens with one attached hydrogen (secondary N) is 1. The SMILES string of the molecule is C.CC.CC(C)CCC1CCC(C(=O)O)N1.c1cnoc1.